The van der Waals surface area contributed by atoms with Gasteiger partial charge >= 0.3 is 0 Å². The second kappa shape index (κ2) is 10.1. The van der Waals surface area contributed by atoms with Crippen molar-refractivity contribution < 1.29 is 9.59 Å². The van der Waals surface area contributed by atoms with Crippen LogP contribution < -0.4 is 16.0 Å². The molecule has 2 aromatic carbocycles. The van der Waals surface area contributed by atoms with Gasteiger partial charge in [-0.25, -0.2) is 0 Å². The summed E-state index contributed by atoms with van der Waals surface area (Å²) in [7, 11) is 0. The van der Waals surface area contributed by atoms with Gasteiger partial charge in [0.15, 0.2) is 5.11 Å². The number of hydrogen-bond acceptors (Lipinski definition) is 3. The minimum atomic E-state index is -0.449. The molecule has 3 N–H and O–H groups in total. The van der Waals surface area contributed by atoms with E-state index in [1.807, 2.05) is 0 Å². The number of hydrogen-bond donors (Lipinski definition) is 3. The van der Waals surface area contributed by atoms with E-state index in [1.165, 1.54) is 18.6 Å². The van der Waals surface area contributed by atoms with Crippen LogP contribution in [0, 0.1) is 0 Å². The first-order chi connectivity index (χ1) is 13.9. The molecular weight excluding hydrogens is 429 g/mol. The molecule has 2 aromatic rings. The first kappa shape index (κ1) is 21.6. The van der Waals surface area contributed by atoms with Crippen LogP contribution in [0.15, 0.2) is 42.5 Å². The van der Waals surface area contributed by atoms with Gasteiger partial charge in [0, 0.05) is 22.3 Å². The highest BCUT2D eigenvalue weighted by Gasteiger charge is 2.17. The summed E-state index contributed by atoms with van der Waals surface area (Å²) < 4.78 is 0. The van der Waals surface area contributed by atoms with Gasteiger partial charge in [0.2, 0.25) is 0 Å². The Morgan fingerprint density at radius 3 is 2.45 bits per heavy atom. The molecule has 0 unspecified atom stereocenters. The molecule has 1 saturated carbocycles. The number of carbonyl (C=O) groups is 2. The lowest BCUT2D eigenvalue weighted by atomic mass is 9.95. The van der Waals surface area contributed by atoms with Gasteiger partial charge in [-0.05, 0) is 61.5 Å². The first-order valence-corrected chi connectivity index (χ1v) is 10.6. The molecule has 2 amide bonds. The Kier molecular flexibility index (Phi) is 7.47. The van der Waals surface area contributed by atoms with Crippen molar-refractivity contribution in [1.82, 2.24) is 10.6 Å². The fraction of sp³-hybridized carbons (Fsp3) is 0.286. The molecule has 29 heavy (non-hydrogen) atoms. The van der Waals surface area contributed by atoms with Crippen LogP contribution in [0.2, 0.25) is 10.0 Å². The molecule has 8 heteroatoms. The highest BCUT2D eigenvalue weighted by molar-refractivity contribution is 7.80. The summed E-state index contributed by atoms with van der Waals surface area (Å²) in [6.07, 6.45) is 5.58. The van der Waals surface area contributed by atoms with Crippen LogP contribution in [-0.4, -0.2) is 23.0 Å². The summed E-state index contributed by atoms with van der Waals surface area (Å²) in [4.78, 5) is 24.9. The number of benzene rings is 2. The maximum absolute atomic E-state index is 12.5. The van der Waals surface area contributed by atoms with Crippen LogP contribution in [0.3, 0.4) is 0 Å². The predicted octanol–water partition coefficient (Wildman–Crippen LogP) is 5.18. The van der Waals surface area contributed by atoms with Gasteiger partial charge in [0.1, 0.15) is 0 Å². The molecule has 0 atom stereocenters. The average Bonchev–Trinajstić information content (AvgIpc) is 2.68. The van der Waals surface area contributed by atoms with Gasteiger partial charge in [-0.1, -0.05) is 48.5 Å². The van der Waals surface area contributed by atoms with Crippen molar-refractivity contribution in [1.29, 1.82) is 0 Å². The summed E-state index contributed by atoms with van der Waals surface area (Å²) in [6.45, 7) is 0. The SMILES string of the molecule is O=C(NC1CCCCC1)c1cccc(NC(=S)NC(=O)c2ccc(Cl)cc2Cl)c1. The van der Waals surface area contributed by atoms with E-state index in [0.29, 0.717) is 16.3 Å². The molecule has 0 aromatic heterocycles. The quantitative estimate of drug-likeness (QED) is 0.562. The minimum absolute atomic E-state index is 0.103. The lowest BCUT2D eigenvalue weighted by molar-refractivity contribution is 0.0926. The van der Waals surface area contributed by atoms with Crippen molar-refractivity contribution in [3.8, 4) is 0 Å². The third kappa shape index (κ3) is 6.16. The number of anilines is 1. The van der Waals surface area contributed by atoms with E-state index in [4.69, 9.17) is 35.4 Å². The van der Waals surface area contributed by atoms with E-state index in [1.54, 1.807) is 30.3 Å². The highest BCUT2D eigenvalue weighted by atomic mass is 35.5. The topological polar surface area (TPSA) is 70.2 Å². The molecule has 0 saturated heterocycles. The Bertz CT molecular complexity index is 930. The Morgan fingerprint density at radius 2 is 1.72 bits per heavy atom. The Balaban J connectivity index is 1.59. The summed E-state index contributed by atoms with van der Waals surface area (Å²) in [5.41, 5.74) is 1.41. The Labute approximate surface area is 185 Å². The van der Waals surface area contributed by atoms with Gasteiger partial charge in [0.25, 0.3) is 11.8 Å². The van der Waals surface area contributed by atoms with Crippen molar-refractivity contribution >= 4 is 58.0 Å². The maximum atomic E-state index is 12.5. The van der Waals surface area contributed by atoms with Crippen LogP contribution >= 0.6 is 35.4 Å². The summed E-state index contributed by atoms with van der Waals surface area (Å²) in [5, 5.41) is 9.36. The maximum Gasteiger partial charge on any atom is 0.258 e. The molecule has 5 nitrogen and oxygen atoms in total. The lowest BCUT2D eigenvalue weighted by Gasteiger charge is -2.22. The van der Waals surface area contributed by atoms with Gasteiger partial charge in [0.05, 0.1) is 10.6 Å². The number of rotatable bonds is 4. The van der Waals surface area contributed by atoms with E-state index in [9.17, 15) is 9.59 Å². The first-order valence-electron chi connectivity index (χ1n) is 9.40. The van der Waals surface area contributed by atoms with Crippen molar-refractivity contribution in [2.75, 3.05) is 5.32 Å². The molecule has 1 fully saturated rings. The van der Waals surface area contributed by atoms with Crippen molar-refractivity contribution in [3.05, 3.63) is 63.6 Å². The van der Waals surface area contributed by atoms with E-state index >= 15 is 0 Å². The molecule has 0 radical (unpaired) electrons. The summed E-state index contributed by atoms with van der Waals surface area (Å²) in [6, 6.07) is 11.8. The van der Waals surface area contributed by atoms with Gasteiger partial charge in [-0.3, -0.25) is 14.9 Å². The average molecular weight is 450 g/mol. The monoisotopic (exact) mass is 449 g/mol. The summed E-state index contributed by atoms with van der Waals surface area (Å²) >= 11 is 17.1. The number of halogens is 2. The van der Waals surface area contributed by atoms with Gasteiger partial charge in [-0.2, -0.15) is 0 Å². The second-order valence-corrected chi connectivity index (χ2v) is 8.17. The molecule has 0 heterocycles. The van der Waals surface area contributed by atoms with Crippen molar-refractivity contribution in [3.63, 3.8) is 0 Å². The van der Waals surface area contributed by atoms with Crippen LogP contribution in [-0.2, 0) is 0 Å². The Hall–Kier alpha value is -2.15. The molecule has 152 valence electrons. The molecule has 1 aliphatic rings. The molecule has 0 spiro atoms. The number of nitrogens with one attached hydrogen (secondary N) is 3. The number of thiocarbonyl (C=S) groups is 1. The van der Waals surface area contributed by atoms with Crippen molar-refractivity contribution in [2.24, 2.45) is 0 Å². The summed E-state index contributed by atoms with van der Waals surface area (Å²) in [5.74, 6) is -0.557. The smallest absolute Gasteiger partial charge is 0.258 e. The van der Waals surface area contributed by atoms with E-state index in [-0.39, 0.29) is 27.6 Å². The van der Waals surface area contributed by atoms with Crippen LogP contribution in [0.1, 0.15) is 52.8 Å². The fourth-order valence-electron chi connectivity index (χ4n) is 3.26. The molecule has 0 aliphatic heterocycles. The molecule has 0 bridgehead atoms. The normalized spacial score (nSPS) is 14.1. The third-order valence-corrected chi connectivity index (χ3v) is 5.48. The molecular formula is C21H21Cl2N3O2S. The van der Waals surface area contributed by atoms with Crippen LogP contribution in [0.5, 0.6) is 0 Å². The number of carbonyl (C=O) groups excluding carboxylic acids is 2. The zero-order chi connectivity index (χ0) is 20.8. The van der Waals surface area contributed by atoms with Crippen LogP contribution in [0.4, 0.5) is 5.69 Å². The van der Waals surface area contributed by atoms with Crippen LogP contribution in [0.25, 0.3) is 0 Å². The molecule has 3 rings (SSSR count). The van der Waals surface area contributed by atoms with Gasteiger partial charge < -0.3 is 10.6 Å². The predicted molar refractivity (Wildman–Crippen MR) is 121 cm³/mol. The standard InChI is InChI=1S/C21H21Cl2N3O2S/c22-14-9-10-17(18(23)12-14)20(28)26-21(29)25-16-8-4-5-13(11-16)19(27)24-15-6-2-1-3-7-15/h4-5,8-12,15H,1-3,6-7H2,(H,24,27)(H2,25,26,28,29). The zero-order valence-electron chi connectivity index (χ0n) is 15.6. The van der Waals surface area contributed by atoms with Gasteiger partial charge in [-0.15, -0.1) is 0 Å². The minimum Gasteiger partial charge on any atom is -0.349 e. The van der Waals surface area contributed by atoms with E-state index in [2.05, 4.69) is 16.0 Å². The largest absolute Gasteiger partial charge is 0.349 e. The van der Waals surface area contributed by atoms with Crippen molar-refractivity contribution in [2.45, 2.75) is 38.1 Å². The highest BCUT2D eigenvalue weighted by Crippen LogP contribution is 2.21. The second-order valence-electron chi connectivity index (χ2n) is 6.92. The third-order valence-electron chi connectivity index (χ3n) is 4.73. The lowest BCUT2D eigenvalue weighted by Crippen LogP contribution is -2.36. The fourth-order valence-corrected chi connectivity index (χ4v) is 3.97. The van der Waals surface area contributed by atoms with E-state index < -0.39 is 5.91 Å². The Morgan fingerprint density at radius 1 is 0.966 bits per heavy atom. The van der Waals surface area contributed by atoms with E-state index in [0.717, 1.165) is 25.7 Å². The number of amides is 2. The molecule has 1 aliphatic carbocycles. The zero-order valence-corrected chi connectivity index (χ0v) is 18.0.